The number of nitrogens with one attached hydrogen (secondary N) is 1. The molecule has 0 spiro atoms. The quantitative estimate of drug-likeness (QED) is 0.563. The standard InChI is InChI=1S/C25H28ClF2N3O5/c1-4-30-10-12(3)14-8-16(36-5-2)20-17(22(32)23(33)21(25(30)35)31(20)11-14)24(34)29-9-13-6-7-15(27)18(26)19(13)28/h6-7,12,14,16,33H,4-5,8-11H2,1-3H3,(H,29,34). The number of hydrogen-bond acceptors (Lipinski definition) is 5. The predicted octanol–water partition coefficient (Wildman–Crippen LogP) is 3.62. The maximum atomic E-state index is 14.3. The molecule has 3 unspecified atom stereocenters. The van der Waals surface area contributed by atoms with Crippen LogP contribution in [0, 0.1) is 23.5 Å². The second kappa shape index (κ2) is 10.2. The Labute approximate surface area is 211 Å². The molecular weight excluding hydrogens is 496 g/mol. The van der Waals surface area contributed by atoms with Crippen LogP contribution in [0.4, 0.5) is 8.78 Å². The molecule has 0 fully saturated rings. The van der Waals surface area contributed by atoms with Crippen molar-refractivity contribution in [2.45, 2.75) is 46.4 Å². The Morgan fingerprint density at radius 2 is 1.97 bits per heavy atom. The number of pyridine rings is 1. The van der Waals surface area contributed by atoms with Gasteiger partial charge in [0, 0.05) is 38.3 Å². The van der Waals surface area contributed by atoms with Gasteiger partial charge in [-0.2, -0.15) is 0 Å². The summed E-state index contributed by atoms with van der Waals surface area (Å²) in [6.45, 7) is 6.75. The number of amides is 2. The van der Waals surface area contributed by atoms with Crippen LogP contribution in [0.15, 0.2) is 16.9 Å². The largest absolute Gasteiger partial charge is 0.503 e. The van der Waals surface area contributed by atoms with Gasteiger partial charge in [0.25, 0.3) is 11.8 Å². The average Bonchev–Trinajstić information content (AvgIpc) is 2.85. The first-order valence-corrected chi connectivity index (χ1v) is 12.3. The summed E-state index contributed by atoms with van der Waals surface area (Å²) in [6, 6.07) is 2.11. The molecular formula is C25H28ClF2N3O5. The van der Waals surface area contributed by atoms with Gasteiger partial charge >= 0.3 is 0 Å². The molecule has 2 amide bonds. The van der Waals surface area contributed by atoms with Gasteiger partial charge in [0.15, 0.2) is 11.4 Å². The number of benzene rings is 1. The number of rotatable bonds is 6. The summed E-state index contributed by atoms with van der Waals surface area (Å²) in [5.41, 5.74) is -1.41. The Hall–Kier alpha value is -2.98. The molecule has 1 aromatic carbocycles. The molecule has 8 nitrogen and oxygen atoms in total. The summed E-state index contributed by atoms with van der Waals surface area (Å²) in [6.07, 6.45) is -0.144. The highest BCUT2D eigenvalue weighted by atomic mass is 35.5. The van der Waals surface area contributed by atoms with Crippen LogP contribution in [0.2, 0.25) is 5.02 Å². The summed E-state index contributed by atoms with van der Waals surface area (Å²) in [4.78, 5) is 41.5. The van der Waals surface area contributed by atoms with Crippen molar-refractivity contribution in [1.29, 1.82) is 0 Å². The van der Waals surface area contributed by atoms with E-state index in [2.05, 4.69) is 5.32 Å². The molecule has 2 aromatic rings. The van der Waals surface area contributed by atoms with Gasteiger partial charge in [0.05, 0.1) is 11.8 Å². The van der Waals surface area contributed by atoms with Gasteiger partial charge in [-0.15, -0.1) is 0 Å². The fourth-order valence-corrected chi connectivity index (χ4v) is 5.29. The van der Waals surface area contributed by atoms with Crippen molar-refractivity contribution in [3.05, 3.63) is 61.5 Å². The minimum atomic E-state index is -1.02. The third-order valence-electron chi connectivity index (χ3n) is 7.06. The smallest absolute Gasteiger partial charge is 0.274 e. The Kier molecular flexibility index (Phi) is 7.38. The van der Waals surface area contributed by atoms with E-state index >= 15 is 0 Å². The molecule has 4 rings (SSSR count). The molecule has 1 aromatic heterocycles. The number of aromatic nitrogens is 1. The summed E-state index contributed by atoms with van der Waals surface area (Å²) in [5.74, 6) is -3.96. The zero-order valence-electron chi connectivity index (χ0n) is 20.2. The maximum absolute atomic E-state index is 14.3. The normalized spacial score (nSPS) is 21.2. The minimum Gasteiger partial charge on any atom is -0.503 e. The molecule has 0 radical (unpaired) electrons. The number of fused-ring (bicyclic) bond motifs is 1. The molecule has 2 N–H and O–H groups in total. The van der Waals surface area contributed by atoms with Crippen molar-refractivity contribution < 1.29 is 28.2 Å². The van der Waals surface area contributed by atoms with Crippen molar-refractivity contribution in [3.63, 3.8) is 0 Å². The molecule has 194 valence electrons. The predicted molar refractivity (Wildman–Crippen MR) is 128 cm³/mol. The first-order chi connectivity index (χ1) is 17.1. The van der Waals surface area contributed by atoms with Crippen LogP contribution in [0.3, 0.4) is 0 Å². The number of ether oxygens (including phenoxy) is 1. The van der Waals surface area contributed by atoms with Crippen molar-refractivity contribution >= 4 is 23.4 Å². The summed E-state index contributed by atoms with van der Waals surface area (Å²) < 4.78 is 35.3. The molecule has 36 heavy (non-hydrogen) atoms. The van der Waals surface area contributed by atoms with Gasteiger partial charge in [-0.1, -0.05) is 24.6 Å². The number of hydrogen-bond donors (Lipinski definition) is 2. The van der Waals surface area contributed by atoms with Gasteiger partial charge in [-0.05, 0) is 38.2 Å². The van der Waals surface area contributed by atoms with E-state index in [0.29, 0.717) is 32.7 Å². The van der Waals surface area contributed by atoms with E-state index in [-0.39, 0.29) is 40.9 Å². The van der Waals surface area contributed by atoms with Gasteiger partial charge in [0.1, 0.15) is 22.2 Å². The second-order valence-electron chi connectivity index (χ2n) is 9.18. The van der Waals surface area contributed by atoms with Crippen LogP contribution < -0.4 is 10.7 Å². The Morgan fingerprint density at radius 1 is 1.25 bits per heavy atom. The second-order valence-corrected chi connectivity index (χ2v) is 9.55. The van der Waals surface area contributed by atoms with Crippen molar-refractivity contribution in [1.82, 2.24) is 14.8 Å². The van der Waals surface area contributed by atoms with Gasteiger partial charge in [0.2, 0.25) is 5.43 Å². The summed E-state index contributed by atoms with van der Waals surface area (Å²) in [7, 11) is 0. The lowest BCUT2D eigenvalue weighted by Gasteiger charge is -2.42. The molecule has 2 bridgehead atoms. The van der Waals surface area contributed by atoms with Crippen LogP contribution >= 0.6 is 11.6 Å². The van der Waals surface area contributed by atoms with Crippen LogP contribution in [0.1, 0.15) is 65.4 Å². The zero-order valence-corrected chi connectivity index (χ0v) is 21.0. The summed E-state index contributed by atoms with van der Waals surface area (Å²) >= 11 is 5.62. The molecule has 2 aliphatic heterocycles. The van der Waals surface area contributed by atoms with E-state index in [0.717, 1.165) is 12.1 Å². The third-order valence-corrected chi connectivity index (χ3v) is 7.40. The van der Waals surface area contributed by atoms with Crippen LogP contribution in [-0.2, 0) is 17.8 Å². The Bertz CT molecular complexity index is 1280. The SMILES string of the molecule is CCOC1CC2Cn3c(c(O)c(=O)c(C(=O)NCc4ccc(F)c(Cl)c4F)c31)C(=O)N(CC)CC2C. The first-order valence-electron chi connectivity index (χ1n) is 11.9. The van der Waals surface area contributed by atoms with E-state index in [1.165, 1.54) is 4.57 Å². The van der Waals surface area contributed by atoms with Crippen molar-refractivity contribution in [2.24, 2.45) is 11.8 Å². The van der Waals surface area contributed by atoms with E-state index < -0.39 is 45.8 Å². The fraction of sp³-hybridized carbons (Fsp3) is 0.480. The van der Waals surface area contributed by atoms with Crippen LogP contribution in [0.5, 0.6) is 5.75 Å². The van der Waals surface area contributed by atoms with E-state index in [9.17, 15) is 28.3 Å². The maximum Gasteiger partial charge on any atom is 0.274 e. The molecule has 3 heterocycles. The van der Waals surface area contributed by atoms with Gasteiger partial charge < -0.3 is 24.6 Å². The fourth-order valence-electron chi connectivity index (χ4n) is 5.11. The number of nitrogens with zero attached hydrogens (tertiary/aromatic N) is 2. The molecule has 2 aliphatic rings. The Morgan fingerprint density at radius 3 is 2.64 bits per heavy atom. The number of halogens is 3. The third kappa shape index (κ3) is 4.37. The van der Waals surface area contributed by atoms with E-state index in [1.54, 1.807) is 11.8 Å². The highest BCUT2D eigenvalue weighted by molar-refractivity contribution is 6.30. The lowest BCUT2D eigenvalue weighted by molar-refractivity contribution is 0.00521. The highest BCUT2D eigenvalue weighted by Crippen LogP contribution is 2.40. The molecule has 3 atom stereocenters. The molecule has 0 aliphatic carbocycles. The van der Waals surface area contributed by atoms with Crippen LogP contribution in [-0.4, -0.2) is 46.1 Å². The topological polar surface area (TPSA) is 101 Å². The zero-order chi connectivity index (χ0) is 26.3. The van der Waals surface area contributed by atoms with E-state index in [1.807, 2.05) is 13.8 Å². The molecule has 0 saturated heterocycles. The lowest BCUT2D eigenvalue weighted by atomic mass is 9.82. The number of carbonyl (C=O) groups is 2. The Balaban J connectivity index is 1.83. The summed E-state index contributed by atoms with van der Waals surface area (Å²) in [5, 5.41) is 12.6. The number of carbonyl (C=O) groups excluding carboxylic acids is 2. The van der Waals surface area contributed by atoms with Crippen molar-refractivity contribution in [2.75, 3.05) is 19.7 Å². The minimum absolute atomic E-state index is 0.0724. The van der Waals surface area contributed by atoms with Gasteiger partial charge in [-0.25, -0.2) is 8.78 Å². The van der Waals surface area contributed by atoms with Crippen molar-refractivity contribution in [3.8, 4) is 5.75 Å². The average molecular weight is 524 g/mol. The lowest BCUT2D eigenvalue weighted by Crippen LogP contribution is -2.47. The molecule has 11 heteroatoms. The number of aromatic hydroxyl groups is 1. The van der Waals surface area contributed by atoms with E-state index in [4.69, 9.17) is 16.3 Å². The van der Waals surface area contributed by atoms with Gasteiger partial charge in [-0.3, -0.25) is 14.4 Å². The highest BCUT2D eigenvalue weighted by Gasteiger charge is 2.42. The molecule has 0 saturated carbocycles. The monoisotopic (exact) mass is 523 g/mol. The van der Waals surface area contributed by atoms with Crippen LogP contribution in [0.25, 0.3) is 0 Å². The first kappa shape index (κ1) is 26.1.